The second kappa shape index (κ2) is 5.65. The Morgan fingerprint density at radius 3 is 2.42 bits per heavy atom. The number of amides is 1. The van der Waals surface area contributed by atoms with Crippen molar-refractivity contribution in [1.82, 2.24) is 4.31 Å². The number of rotatable bonds is 4. The molecule has 1 amide bonds. The first-order chi connectivity index (χ1) is 12.3. The molecule has 1 aromatic carbocycles. The van der Waals surface area contributed by atoms with E-state index in [1.165, 1.54) is 7.11 Å². The Morgan fingerprint density at radius 2 is 1.85 bits per heavy atom. The molecule has 2 bridgehead atoms. The number of carbonyl (C=O) groups is 2. The highest BCUT2D eigenvalue weighted by atomic mass is 32.2. The second-order valence-electron chi connectivity index (χ2n) is 6.81. The standard InChI is InChI=1S/C18H19NO6S/c1-11(20)25-18(24-2,14-6-4-3-5-7-14)19-17(21)15-12-8-9-13(10-12)16(15)26(19,22)23/h3-7,12-13H,8-10H2,1-2H3. The summed E-state index contributed by atoms with van der Waals surface area (Å²) in [5, 5.41) is 0. The fourth-order valence-electron chi connectivity index (χ4n) is 4.44. The number of ether oxygens (including phenoxy) is 2. The average Bonchev–Trinajstić information content (AvgIpc) is 3.27. The van der Waals surface area contributed by atoms with Gasteiger partial charge in [-0.05, 0) is 31.1 Å². The van der Waals surface area contributed by atoms with Gasteiger partial charge in [-0.15, -0.1) is 0 Å². The molecule has 3 atom stereocenters. The molecule has 1 heterocycles. The van der Waals surface area contributed by atoms with Gasteiger partial charge in [0.25, 0.3) is 15.9 Å². The van der Waals surface area contributed by atoms with Crippen molar-refractivity contribution in [3.8, 4) is 0 Å². The minimum Gasteiger partial charge on any atom is -0.408 e. The predicted octanol–water partition coefficient (Wildman–Crippen LogP) is 1.86. The van der Waals surface area contributed by atoms with Gasteiger partial charge in [0.2, 0.25) is 0 Å². The fraction of sp³-hybridized carbons (Fsp3) is 0.444. The summed E-state index contributed by atoms with van der Waals surface area (Å²) in [5.41, 5.74) is 0.592. The summed E-state index contributed by atoms with van der Waals surface area (Å²) in [6.45, 7) is 1.15. The Balaban J connectivity index is 1.91. The molecule has 0 aromatic heterocycles. The SMILES string of the molecule is COC(OC(C)=O)(c1ccccc1)N1C(=O)C2=C(C3CCC2C3)S1(=O)=O. The molecular formula is C18H19NO6S. The summed E-state index contributed by atoms with van der Waals surface area (Å²) in [4.78, 5) is 25.2. The monoisotopic (exact) mass is 377 g/mol. The Morgan fingerprint density at radius 1 is 1.19 bits per heavy atom. The van der Waals surface area contributed by atoms with Crippen molar-refractivity contribution in [2.75, 3.05) is 7.11 Å². The quantitative estimate of drug-likeness (QED) is 0.588. The summed E-state index contributed by atoms with van der Waals surface area (Å²) in [5.74, 6) is -3.76. The smallest absolute Gasteiger partial charge is 0.341 e. The number of benzene rings is 1. The number of nitrogens with zero attached hydrogens (tertiary/aromatic N) is 1. The molecule has 2 aliphatic carbocycles. The lowest BCUT2D eigenvalue weighted by Gasteiger charge is -2.38. The summed E-state index contributed by atoms with van der Waals surface area (Å²) in [7, 11) is -2.93. The highest BCUT2D eigenvalue weighted by Gasteiger charge is 2.63. The molecule has 0 spiro atoms. The molecule has 3 aliphatic rings. The van der Waals surface area contributed by atoms with Gasteiger partial charge < -0.3 is 9.47 Å². The highest BCUT2D eigenvalue weighted by molar-refractivity contribution is 7.94. The topological polar surface area (TPSA) is 90.0 Å². The summed E-state index contributed by atoms with van der Waals surface area (Å²) >= 11 is 0. The van der Waals surface area contributed by atoms with Crippen molar-refractivity contribution in [1.29, 1.82) is 0 Å². The van der Waals surface area contributed by atoms with E-state index < -0.39 is 27.8 Å². The van der Waals surface area contributed by atoms with Crippen molar-refractivity contribution >= 4 is 21.9 Å². The van der Waals surface area contributed by atoms with E-state index in [2.05, 4.69) is 0 Å². The van der Waals surface area contributed by atoms with Gasteiger partial charge in [0.15, 0.2) is 0 Å². The van der Waals surface area contributed by atoms with Crippen LogP contribution in [0.3, 0.4) is 0 Å². The van der Waals surface area contributed by atoms with Crippen LogP contribution in [-0.4, -0.2) is 31.7 Å². The zero-order chi connectivity index (χ0) is 18.7. The van der Waals surface area contributed by atoms with E-state index in [1.54, 1.807) is 30.3 Å². The van der Waals surface area contributed by atoms with E-state index in [1.807, 2.05) is 0 Å². The van der Waals surface area contributed by atoms with Crippen molar-refractivity contribution in [2.24, 2.45) is 11.8 Å². The van der Waals surface area contributed by atoms with Crippen molar-refractivity contribution in [3.05, 3.63) is 46.4 Å². The summed E-state index contributed by atoms with van der Waals surface area (Å²) < 4.78 is 38.0. The predicted molar refractivity (Wildman–Crippen MR) is 90.5 cm³/mol. The fourth-order valence-corrected chi connectivity index (χ4v) is 6.66. The molecule has 0 saturated heterocycles. The van der Waals surface area contributed by atoms with Crippen LogP contribution in [0.5, 0.6) is 0 Å². The van der Waals surface area contributed by atoms with Crippen LogP contribution in [0.1, 0.15) is 31.7 Å². The Kier molecular flexibility index (Phi) is 3.75. The lowest BCUT2D eigenvalue weighted by molar-refractivity contribution is -0.270. The number of carbonyl (C=O) groups excluding carboxylic acids is 2. The van der Waals surface area contributed by atoms with E-state index in [0.29, 0.717) is 16.3 Å². The molecule has 0 radical (unpaired) electrons. The Hall–Kier alpha value is -2.19. The molecule has 7 nitrogen and oxygen atoms in total. The molecule has 1 fully saturated rings. The van der Waals surface area contributed by atoms with E-state index in [0.717, 1.165) is 19.8 Å². The number of fused-ring (bicyclic) bond motifs is 4. The second-order valence-corrected chi connectivity index (χ2v) is 8.56. The van der Waals surface area contributed by atoms with Crippen LogP contribution in [0.15, 0.2) is 40.8 Å². The molecule has 0 N–H and O–H groups in total. The van der Waals surface area contributed by atoms with Crippen LogP contribution in [-0.2, 0) is 35.0 Å². The molecule has 4 rings (SSSR count). The first kappa shape index (κ1) is 17.2. The van der Waals surface area contributed by atoms with Crippen molar-refractivity contribution in [2.45, 2.75) is 32.1 Å². The van der Waals surface area contributed by atoms with Gasteiger partial charge in [-0.25, -0.2) is 8.42 Å². The van der Waals surface area contributed by atoms with E-state index in [9.17, 15) is 18.0 Å². The maximum absolute atomic E-state index is 13.3. The zero-order valence-electron chi connectivity index (χ0n) is 14.5. The number of methoxy groups -OCH3 is 1. The zero-order valence-corrected chi connectivity index (χ0v) is 15.3. The van der Waals surface area contributed by atoms with Crippen LogP contribution >= 0.6 is 0 Å². The normalized spacial score (nSPS) is 28.2. The summed E-state index contributed by atoms with van der Waals surface area (Å²) in [6, 6.07) is 8.17. The first-order valence-electron chi connectivity index (χ1n) is 8.47. The minimum atomic E-state index is -4.15. The minimum absolute atomic E-state index is 0.0510. The molecule has 26 heavy (non-hydrogen) atoms. The number of esters is 1. The lowest BCUT2D eigenvalue weighted by atomic mass is 9.97. The van der Waals surface area contributed by atoms with Crippen molar-refractivity contribution in [3.63, 3.8) is 0 Å². The lowest BCUT2D eigenvalue weighted by Crippen LogP contribution is -2.54. The highest BCUT2D eigenvalue weighted by Crippen LogP contribution is 2.57. The Labute approximate surface area is 151 Å². The number of hydrogen-bond acceptors (Lipinski definition) is 6. The van der Waals surface area contributed by atoms with Gasteiger partial charge in [-0.3, -0.25) is 9.59 Å². The van der Waals surface area contributed by atoms with E-state index in [4.69, 9.17) is 9.47 Å². The molecule has 3 unspecified atom stereocenters. The van der Waals surface area contributed by atoms with Gasteiger partial charge in [0.1, 0.15) is 0 Å². The van der Waals surface area contributed by atoms with Crippen LogP contribution in [0.2, 0.25) is 0 Å². The van der Waals surface area contributed by atoms with Gasteiger partial charge in [0, 0.05) is 25.2 Å². The molecule has 1 aliphatic heterocycles. The largest absolute Gasteiger partial charge is 0.408 e. The third kappa shape index (κ3) is 2.12. The third-order valence-electron chi connectivity index (χ3n) is 5.37. The van der Waals surface area contributed by atoms with Crippen LogP contribution in [0, 0.1) is 11.8 Å². The van der Waals surface area contributed by atoms with E-state index >= 15 is 0 Å². The maximum Gasteiger partial charge on any atom is 0.341 e. The maximum atomic E-state index is 13.3. The molecule has 138 valence electrons. The average molecular weight is 377 g/mol. The Bertz CT molecular complexity index is 922. The summed E-state index contributed by atoms with van der Waals surface area (Å²) in [6.07, 6.45) is 2.25. The number of sulfonamides is 1. The van der Waals surface area contributed by atoms with Gasteiger partial charge in [-0.1, -0.05) is 30.3 Å². The van der Waals surface area contributed by atoms with Crippen LogP contribution in [0.4, 0.5) is 0 Å². The molecule has 8 heteroatoms. The van der Waals surface area contributed by atoms with Crippen LogP contribution in [0.25, 0.3) is 0 Å². The first-order valence-corrected chi connectivity index (χ1v) is 9.91. The molecular weight excluding hydrogens is 358 g/mol. The van der Waals surface area contributed by atoms with Crippen molar-refractivity contribution < 1.29 is 27.5 Å². The van der Waals surface area contributed by atoms with Crippen LogP contribution < -0.4 is 0 Å². The molecule has 1 saturated carbocycles. The van der Waals surface area contributed by atoms with E-state index in [-0.39, 0.29) is 22.3 Å². The third-order valence-corrected chi connectivity index (χ3v) is 7.37. The van der Waals surface area contributed by atoms with Gasteiger partial charge in [-0.2, -0.15) is 4.31 Å². The number of allylic oxidation sites excluding steroid dienone is 1. The number of hydrogen-bond donors (Lipinski definition) is 0. The molecule has 1 aromatic rings. The van der Waals surface area contributed by atoms with Gasteiger partial charge >= 0.3 is 11.9 Å². The van der Waals surface area contributed by atoms with Gasteiger partial charge in [0.05, 0.1) is 4.91 Å².